The molecule has 0 spiro atoms. The van der Waals surface area contributed by atoms with E-state index >= 15 is 9.59 Å². The van der Waals surface area contributed by atoms with E-state index in [1.807, 2.05) is 0 Å². The van der Waals surface area contributed by atoms with Gasteiger partial charge in [0.15, 0.2) is 0 Å². The van der Waals surface area contributed by atoms with Crippen LogP contribution in [0.25, 0.3) is 27.9 Å². The Morgan fingerprint density at radius 2 is 1.45 bits per heavy atom. The van der Waals surface area contributed by atoms with Crippen LogP contribution in [0.5, 0.6) is 0 Å². The summed E-state index contributed by atoms with van der Waals surface area (Å²) >= 11 is 0. The molecule has 0 aliphatic carbocycles. The Hall–Kier alpha value is -9.30. The lowest BCUT2D eigenvalue weighted by Crippen LogP contribution is -2.68. The third-order valence-corrected chi connectivity index (χ3v) is 16.7. The number of para-hydroxylation sites is 2. The Labute approximate surface area is 507 Å². The van der Waals surface area contributed by atoms with Crippen molar-refractivity contribution in [3.63, 3.8) is 0 Å². The molecule has 2 aromatic heterocycles. The van der Waals surface area contributed by atoms with E-state index in [-0.39, 0.29) is 25.8 Å². The molecule has 4 saturated heterocycles. The molecule has 0 saturated carbocycles. The third kappa shape index (κ3) is 14.3. The molecule has 16 atom stereocenters. The number of ether oxygens (including phenoxy) is 1. The number of nitrogens with zero attached hydrogens (tertiary/aromatic N) is 2. The number of nitrogens with two attached hydrogens (primary N) is 1. The summed E-state index contributed by atoms with van der Waals surface area (Å²) in [4.78, 5) is 176. The van der Waals surface area contributed by atoms with E-state index < -0.39 is 193 Å². The van der Waals surface area contributed by atoms with Crippen LogP contribution >= 0.6 is 0 Å². The van der Waals surface area contributed by atoms with E-state index in [9.17, 15) is 73.5 Å². The van der Waals surface area contributed by atoms with Crippen LogP contribution in [0.15, 0.2) is 66.6 Å². The SMILES string of the molecule is CC1NC(=O)C(C(C)O)NC(=O)C(NC(=O)C(CO)NC(=O)CC(N)C(=O)O)C(C)OC(=O)C2CCC3C(C)C(O)C(NC(=O)C(C(C)c4c[nH]c5ccccc45)NC(=O)/C(=C\c4c[nH]c5ccccc45)NC(=O)C4C(O)CCN4C(=O)CNC1=O)C(=O)N23. The molecule has 4 aliphatic heterocycles. The Morgan fingerprint density at radius 3 is 2.12 bits per heavy atom. The van der Waals surface area contributed by atoms with Gasteiger partial charge in [0.2, 0.25) is 53.2 Å². The molecule has 0 radical (unpaired) electrons. The molecule has 16 unspecified atom stereocenters. The summed E-state index contributed by atoms with van der Waals surface area (Å²) in [5, 5.41) is 73.9. The number of aromatic amines is 2. The normalized spacial score (nSPS) is 29.0. The standard InChI is InChI=1S/C58H73N13O18/c1-24(32-21-61-35-13-9-7-11-31(32)35)43-52(81)69-46-48(77)25(2)38-14-15-39(71(38)56(46)85)58(88)89-28(5)45(68-51(80)37(23-72)64-41(75)19-33(59)57(86)87)54(83)67-44(27(4)73)53(82)63-26(3)49(78)62-22-42(76)70-17-16-40(74)47(70)55(84)65-36(50(79)66-43)18-29-20-60-34-12-8-6-10-30(29)34/h6-13,18,20-21,24-28,33,37-40,43-48,60-61,72-74,77H,14-17,19,22-23,59H2,1-5H3,(H,62,78)(H,63,82)(H,64,75)(H,65,84)(H,66,79)(H,67,83)(H,68,80)(H,69,81)(H,86,87)/b36-18+. The molecule has 4 aromatic rings. The van der Waals surface area contributed by atoms with Crippen molar-refractivity contribution in [3.8, 4) is 0 Å². The van der Waals surface area contributed by atoms with E-state index in [0.717, 1.165) is 23.6 Å². The average molecular weight is 1240 g/mol. The van der Waals surface area contributed by atoms with Gasteiger partial charge in [0.05, 0.1) is 37.9 Å². The van der Waals surface area contributed by atoms with E-state index in [4.69, 9.17) is 10.5 Å². The second-order valence-corrected chi connectivity index (χ2v) is 22.8. The number of carboxylic acid groups (broad SMARTS) is 1. The van der Waals surface area contributed by atoms with Crippen molar-refractivity contribution in [1.82, 2.24) is 62.3 Å². The van der Waals surface area contributed by atoms with Crippen molar-refractivity contribution in [2.24, 2.45) is 11.7 Å². The number of carbonyl (C=O) groups excluding carboxylic acids is 11. The molecule has 31 heteroatoms. The van der Waals surface area contributed by atoms with Crippen LogP contribution in [-0.4, -0.2) is 221 Å². The number of rotatable bonds is 11. The number of piperidine rings is 1. The fourth-order valence-electron chi connectivity index (χ4n) is 11.7. The number of carbonyl (C=O) groups is 12. The molecular formula is C58H73N13O18. The molecule has 4 aliphatic rings. The van der Waals surface area contributed by atoms with Crippen LogP contribution in [0.3, 0.4) is 0 Å². The lowest BCUT2D eigenvalue weighted by molar-refractivity contribution is -0.167. The van der Waals surface area contributed by atoms with Gasteiger partial charge in [-0.25, -0.2) is 4.79 Å². The van der Waals surface area contributed by atoms with Crippen molar-refractivity contribution < 1.29 is 87.8 Å². The zero-order valence-corrected chi connectivity index (χ0v) is 49.1. The highest BCUT2D eigenvalue weighted by Gasteiger charge is 2.55. The smallest absolute Gasteiger partial charge is 0.329 e. The third-order valence-electron chi connectivity index (χ3n) is 16.7. The van der Waals surface area contributed by atoms with Gasteiger partial charge in [-0.15, -0.1) is 0 Å². The summed E-state index contributed by atoms with van der Waals surface area (Å²) in [5.74, 6) is -15.6. The van der Waals surface area contributed by atoms with Gasteiger partial charge in [-0.2, -0.15) is 0 Å². The van der Waals surface area contributed by atoms with Crippen molar-refractivity contribution in [1.29, 1.82) is 0 Å². The van der Waals surface area contributed by atoms with Crippen LogP contribution in [0, 0.1) is 5.92 Å². The number of amides is 10. The molecule has 10 amide bonds. The minimum absolute atomic E-state index is 0.0990. The summed E-state index contributed by atoms with van der Waals surface area (Å²) in [6.45, 7) is 4.37. The van der Waals surface area contributed by atoms with E-state index in [0.29, 0.717) is 32.9 Å². The Morgan fingerprint density at radius 1 is 0.798 bits per heavy atom. The first-order valence-corrected chi connectivity index (χ1v) is 28.9. The van der Waals surface area contributed by atoms with Gasteiger partial charge in [0.1, 0.15) is 66.2 Å². The predicted octanol–water partition coefficient (Wildman–Crippen LogP) is -4.59. The molecule has 8 rings (SSSR count). The van der Waals surface area contributed by atoms with Crippen molar-refractivity contribution in [2.45, 2.75) is 151 Å². The Balaban J connectivity index is 1.18. The highest BCUT2D eigenvalue weighted by molar-refractivity contribution is 6.07. The van der Waals surface area contributed by atoms with E-state index in [1.165, 1.54) is 13.0 Å². The molecule has 478 valence electrons. The first-order chi connectivity index (χ1) is 42.2. The first kappa shape index (κ1) is 65.7. The maximum Gasteiger partial charge on any atom is 0.329 e. The molecule has 4 fully saturated rings. The second kappa shape index (κ2) is 27.8. The van der Waals surface area contributed by atoms with Gasteiger partial charge >= 0.3 is 11.9 Å². The molecule has 31 nitrogen and oxygen atoms in total. The van der Waals surface area contributed by atoms with Crippen molar-refractivity contribution in [2.75, 3.05) is 19.7 Å². The van der Waals surface area contributed by atoms with Crippen LogP contribution < -0.4 is 48.3 Å². The summed E-state index contributed by atoms with van der Waals surface area (Å²) in [5.41, 5.74) is 7.16. The summed E-state index contributed by atoms with van der Waals surface area (Å²) in [6, 6.07) is -2.66. The molecule has 2 bridgehead atoms. The highest BCUT2D eigenvalue weighted by Crippen LogP contribution is 2.38. The monoisotopic (exact) mass is 1240 g/mol. The van der Waals surface area contributed by atoms with Gasteiger partial charge in [0, 0.05) is 64.2 Å². The number of esters is 1. The van der Waals surface area contributed by atoms with Crippen LogP contribution in [0.2, 0.25) is 0 Å². The molecule has 89 heavy (non-hydrogen) atoms. The largest absolute Gasteiger partial charge is 0.480 e. The second-order valence-electron chi connectivity index (χ2n) is 22.8. The maximum absolute atomic E-state index is 15.2. The number of aliphatic hydroxyl groups excluding tert-OH is 4. The predicted molar refractivity (Wildman–Crippen MR) is 311 cm³/mol. The van der Waals surface area contributed by atoms with Crippen molar-refractivity contribution in [3.05, 3.63) is 77.7 Å². The number of H-pyrrole nitrogens is 2. The number of aromatic nitrogens is 2. The number of nitrogens with one attached hydrogen (secondary N) is 10. The Kier molecular flexibility index (Phi) is 20.5. The number of cyclic esters (lactones) is 1. The fourth-order valence-corrected chi connectivity index (χ4v) is 11.7. The number of hydrogen-bond acceptors (Lipinski definition) is 18. The van der Waals surface area contributed by atoms with Crippen LogP contribution in [-0.2, 0) is 62.3 Å². The molecule has 17 N–H and O–H groups in total. The zero-order chi connectivity index (χ0) is 64.9. The summed E-state index contributed by atoms with van der Waals surface area (Å²) in [6.07, 6.45) is -3.22. The summed E-state index contributed by atoms with van der Waals surface area (Å²) in [7, 11) is 0. The lowest BCUT2D eigenvalue weighted by atomic mass is 9.84. The van der Waals surface area contributed by atoms with Crippen LogP contribution in [0.4, 0.5) is 0 Å². The van der Waals surface area contributed by atoms with E-state index in [1.54, 1.807) is 74.8 Å². The fraction of sp³-hybridized carbons (Fsp3) is 0.483. The molecule has 2 aromatic carbocycles. The molecular weight excluding hydrogens is 1170 g/mol. The van der Waals surface area contributed by atoms with Gasteiger partial charge < -0.3 is 98.3 Å². The van der Waals surface area contributed by atoms with Gasteiger partial charge in [-0.05, 0) is 63.8 Å². The van der Waals surface area contributed by atoms with Crippen LogP contribution in [0.1, 0.15) is 77.3 Å². The topological polar surface area (TPSA) is 476 Å². The number of benzene rings is 2. The first-order valence-electron chi connectivity index (χ1n) is 28.9. The average Bonchev–Trinajstić information content (AvgIpc) is 4.26. The van der Waals surface area contributed by atoms with Gasteiger partial charge in [-0.3, -0.25) is 52.7 Å². The zero-order valence-electron chi connectivity index (χ0n) is 49.1. The number of hydrogen-bond donors (Lipinski definition) is 16. The van der Waals surface area contributed by atoms with Crippen molar-refractivity contribution >= 4 is 98.9 Å². The highest BCUT2D eigenvalue weighted by atomic mass is 16.5. The number of aliphatic carboxylic acids is 1. The minimum atomic E-state index is -2.09. The number of carboxylic acids is 1. The van der Waals surface area contributed by atoms with Gasteiger partial charge in [0.25, 0.3) is 5.91 Å². The number of aliphatic hydroxyl groups is 4. The maximum atomic E-state index is 15.2. The quantitative estimate of drug-likeness (QED) is 0.0496. The minimum Gasteiger partial charge on any atom is -0.480 e. The Bertz CT molecular complexity index is 3460. The van der Waals surface area contributed by atoms with Gasteiger partial charge in [-0.1, -0.05) is 50.2 Å². The van der Waals surface area contributed by atoms with E-state index in [2.05, 4.69) is 52.5 Å². The lowest BCUT2D eigenvalue weighted by Gasteiger charge is -2.44. The summed E-state index contributed by atoms with van der Waals surface area (Å²) < 4.78 is 5.81. The molecule has 6 heterocycles. The number of fused-ring (bicyclic) bond motifs is 4.